The zero-order chi connectivity index (χ0) is 22.7. The Bertz CT molecular complexity index is 1160. The third-order valence-electron chi connectivity index (χ3n) is 6.94. The van der Waals surface area contributed by atoms with Crippen molar-refractivity contribution in [1.82, 2.24) is 4.90 Å². The van der Waals surface area contributed by atoms with E-state index in [-0.39, 0.29) is 24.5 Å². The highest BCUT2D eigenvalue weighted by Gasteiger charge is 2.60. The minimum Gasteiger partial charge on any atom is -0.464 e. The van der Waals surface area contributed by atoms with Gasteiger partial charge < -0.3 is 24.2 Å². The second-order valence-corrected chi connectivity index (χ2v) is 9.71. The van der Waals surface area contributed by atoms with Crippen LogP contribution in [0.3, 0.4) is 0 Å². The van der Waals surface area contributed by atoms with Crippen molar-refractivity contribution in [1.29, 1.82) is 0 Å². The van der Waals surface area contributed by atoms with Gasteiger partial charge in [-0.15, -0.1) is 0 Å². The molecule has 0 bridgehead atoms. The minimum atomic E-state index is -0.770. The molecule has 0 saturated carbocycles. The zero-order valence-electron chi connectivity index (χ0n) is 18.2. The molecule has 3 aliphatic heterocycles. The van der Waals surface area contributed by atoms with Gasteiger partial charge in [0.1, 0.15) is 5.70 Å². The molecule has 0 aromatic heterocycles. The minimum absolute atomic E-state index is 0.0742. The largest absolute Gasteiger partial charge is 0.464 e. The number of carbonyl (C=O) groups is 2. The Balaban J connectivity index is 1.54. The number of esters is 1. The van der Waals surface area contributed by atoms with Gasteiger partial charge >= 0.3 is 5.97 Å². The summed E-state index contributed by atoms with van der Waals surface area (Å²) in [6.07, 6.45) is -0.174. The van der Waals surface area contributed by atoms with Crippen LogP contribution in [0.25, 0.3) is 10.8 Å². The predicted octanol–water partition coefficient (Wildman–Crippen LogP) is 2.49. The molecule has 1 unspecified atom stereocenters. The first-order chi connectivity index (χ1) is 15.4. The van der Waals surface area contributed by atoms with Crippen molar-refractivity contribution in [3.63, 3.8) is 0 Å². The Kier molecular flexibility index (Phi) is 5.19. The first-order valence-electron chi connectivity index (χ1n) is 10.8. The van der Waals surface area contributed by atoms with Gasteiger partial charge in [0.05, 0.1) is 37.4 Å². The highest BCUT2D eigenvalue weighted by molar-refractivity contribution is 8.01. The second-order valence-electron chi connectivity index (χ2n) is 8.64. The number of aliphatic hydroxyl groups excluding tert-OH is 2. The van der Waals surface area contributed by atoms with Crippen molar-refractivity contribution in [2.75, 3.05) is 24.6 Å². The molecule has 2 aromatic carbocycles. The normalized spacial score (nSPS) is 24.8. The Morgan fingerprint density at radius 1 is 1.28 bits per heavy atom. The molecule has 1 saturated heterocycles. The van der Waals surface area contributed by atoms with E-state index in [1.165, 1.54) is 12.0 Å². The van der Waals surface area contributed by atoms with Gasteiger partial charge in [0.25, 0.3) is 0 Å². The summed E-state index contributed by atoms with van der Waals surface area (Å²) in [7, 11) is 1.32. The lowest BCUT2D eigenvalue weighted by Gasteiger charge is -2.46. The van der Waals surface area contributed by atoms with Crippen LogP contribution < -0.4 is 4.31 Å². The molecule has 168 valence electrons. The highest BCUT2D eigenvalue weighted by Crippen LogP contribution is 2.51. The van der Waals surface area contributed by atoms with E-state index in [1.54, 1.807) is 18.9 Å². The summed E-state index contributed by atoms with van der Waals surface area (Å²) in [4.78, 5) is 28.1. The number of hydrogen-bond donors (Lipinski definition) is 2. The average molecular weight is 455 g/mol. The summed E-state index contributed by atoms with van der Waals surface area (Å²) in [6.45, 7) is 4.20. The van der Waals surface area contributed by atoms with E-state index in [9.17, 15) is 19.8 Å². The highest BCUT2D eigenvalue weighted by atomic mass is 32.2. The van der Waals surface area contributed by atoms with Crippen LogP contribution in [0, 0.1) is 11.8 Å². The lowest BCUT2D eigenvalue weighted by Crippen LogP contribution is -2.63. The fourth-order valence-corrected chi connectivity index (χ4v) is 6.54. The van der Waals surface area contributed by atoms with Crippen LogP contribution in [0.4, 0.5) is 5.69 Å². The van der Waals surface area contributed by atoms with E-state index >= 15 is 0 Å². The van der Waals surface area contributed by atoms with Crippen molar-refractivity contribution in [2.24, 2.45) is 11.8 Å². The number of anilines is 1. The number of carbonyl (C=O) groups excluding carboxylic acids is 2. The van der Waals surface area contributed by atoms with Crippen LogP contribution >= 0.6 is 11.9 Å². The summed E-state index contributed by atoms with van der Waals surface area (Å²) in [6, 6.07) is 10.1. The Labute approximate surface area is 190 Å². The van der Waals surface area contributed by atoms with Gasteiger partial charge in [0.2, 0.25) is 5.91 Å². The van der Waals surface area contributed by atoms with Crippen LogP contribution in [-0.2, 0) is 20.7 Å². The van der Waals surface area contributed by atoms with Crippen molar-refractivity contribution in [2.45, 2.75) is 37.3 Å². The molecular formula is C24H26N2O5S. The van der Waals surface area contributed by atoms with E-state index in [0.29, 0.717) is 18.7 Å². The Morgan fingerprint density at radius 2 is 2.06 bits per heavy atom. The van der Waals surface area contributed by atoms with Crippen molar-refractivity contribution in [3.05, 3.63) is 47.2 Å². The first kappa shape index (κ1) is 21.3. The van der Waals surface area contributed by atoms with E-state index in [1.807, 2.05) is 13.0 Å². The maximum absolute atomic E-state index is 12.8. The van der Waals surface area contributed by atoms with E-state index in [4.69, 9.17) is 4.74 Å². The lowest BCUT2D eigenvalue weighted by molar-refractivity contribution is -0.163. The summed E-state index contributed by atoms with van der Waals surface area (Å²) < 4.78 is 7.19. The molecule has 1 fully saturated rings. The molecule has 0 spiro atoms. The number of benzene rings is 2. The standard InChI is InChI=1S/C24H26N2O5S/c1-12-16(22(24(30)31-3)26-21(12)19(13(2)28)23(26)29)11-25-17-6-4-5-15-14(9-10-27)7-8-18(32-25)20(15)17/h4-8,12-13,19,21,27-28H,9-11H2,1-3H3/t12-,13+,19+,21?/m0/s1. The number of aliphatic hydroxyl groups is 2. The third kappa shape index (κ3) is 2.89. The van der Waals surface area contributed by atoms with Gasteiger partial charge in [0.15, 0.2) is 0 Å². The van der Waals surface area contributed by atoms with E-state index in [0.717, 1.165) is 32.5 Å². The van der Waals surface area contributed by atoms with Crippen molar-refractivity contribution < 1.29 is 24.5 Å². The molecule has 0 radical (unpaired) electrons. The molecular weight excluding hydrogens is 428 g/mol. The van der Waals surface area contributed by atoms with Gasteiger partial charge in [0, 0.05) is 22.8 Å². The molecule has 8 heteroatoms. The molecule has 3 heterocycles. The van der Waals surface area contributed by atoms with Crippen LogP contribution in [0.2, 0.25) is 0 Å². The number of fused-ring (bicyclic) bond motifs is 1. The fourth-order valence-electron chi connectivity index (χ4n) is 5.42. The maximum Gasteiger partial charge on any atom is 0.354 e. The van der Waals surface area contributed by atoms with Gasteiger partial charge in [-0.3, -0.25) is 4.79 Å². The number of rotatable bonds is 6. The first-order valence-corrected chi connectivity index (χ1v) is 11.6. The number of ether oxygens (including phenoxy) is 1. The quantitative estimate of drug-likeness (QED) is 0.394. The van der Waals surface area contributed by atoms with Gasteiger partial charge in [-0.1, -0.05) is 25.1 Å². The molecule has 2 aromatic rings. The molecule has 2 N–H and O–H groups in total. The summed E-state index contributed by atoms with van der Waals surface area (Å²) in [5.41, 5.74) is 3.33. The molecule has 4 atom stereocenters. The number of hydrogen-bond acceptors (Lipinski definition) is 7. The lowest BCUT2D eigenvalue weighted by atomic mass is 9.78. The Hall–Kier alpha value is -2.55. The SMILES string of the molecule is COC(=O)C1=C(CN2Sc3ccc(CCO)c4cccc2c34)[C@H](C)C2[C@@H]([C@@H](C)O)C(=O)N12. The molecule has 1 amide bonds. The van der Waals surface area contributed by atoms with Crippen LogP contribution in [0.5, 0.6) is 0 Å². The number of nitrogens with zero attached hydrogens (tertiary/aromatic N) is 2. The average Bonchev–Trinajstić information content (AvgIpc) is 3.24. The zero-order valence-corrected chi connectivity index (χ0v) is 19.1. The van der Waals surface area contributed by atoms with Gasteiger partial charge in [-0.25, -0.2) is 4.79 Å². The van der Waals surface area contributed by atoms with Gasteiger partial charge in [-0.05, 0) is 53.9 Å². The van der Waals surface area contributed by atoms with E-state index < -0.39 is 18.0 Å². The topological polar surface area (TPSA) is 90.3 Å². The van der Waals surface area contributed by atoms with Gasteiger partial charge in [-0.2, -0.15) is 0 Å². The maximum atomic E-state index is 12.8. The van der Waals surface area contributed by atoms with Crippen molar-refractivity contribution >= 4 is 40.3 Å². The monoisotopic (exact) mass is 454 g/mol. The summed E-state index contributed by atoms with van der Waals surface area (Å²) in [5, 5.41) is 21.8. The van der Waals surface area contributed by atoms with Crippen molar-refractivity contribution in [3.8, 4) is 0 Å². The number of amides is 1. The molecule has 7 nitrogen and oxygen atoms in total. The number of methoxy groups -OCH3 is 1. The molecule has 3 aliphatic rings. The molecule has 5 rings (SSSR count). The number of β-lactam (4-membered cyclic amide) rings is 1. The second kappa shape index (κ2) is 7.79. The van der Waals surface area contributed by atoms with E-state index in [2.05, 4.69) is 28.6 Å². The smallest absolute Gasteiger partial charge is 0.354 e. The predicted molar refractivity (Wildman–Crippen MR) is 122 cm³/mol. The fraction of sp³-hybridized carbons (Fsp3) is 0.417. The Morgan fingerprint density at radius 3 is 2.75 bits per heavy atom. The van der Waals surface area contributed by atoms with Crippen LogP contribution in [-0.4, -0.2) is 59.4 Å². The van der Waals surface area contributed by atoms with Crippen LogP contribution in [0.15, 0.2) is 46.5 Å². The van der Waals surface area contributed by atoms with Crippen LogP contribution in [0.1, 0.15) is 19.4 Å². The molecule has 32 heavy (non-hydrogen) atoms. The molecule has 0 aliphatic carbocycles. The summed E-state index contributed by atoms with van der Waals surface area (Å²) >= 11 is 1.61. The third-order valence-corrected chi connectivity index (χ3v) is 8.02. The summed E-state index contributed by atoms with van der Waals surface area (Å²) in [5.74, 6) is -1.32.